The van der Waals surface area contributed by atoms with Crippen LogP contribution in [0.2, 0.25) is 5.02 Å². The molecule has 0 atom stereocenters. The van der Waals surface area contributed by atoms with Crippen molar-refractivity contribution in [2.45, 2.75) is 19.8 Å². The van der Waals surface area contributed by atoms with Gasteiger partial charge in [0.2, 0.25) is 0 Å². The van der Waals surface area contributed by atoms with E-state index < -0.39 is 0 Å². The van der Waals surface area contributed by atoms with Crippen LogP contribution in [-0.4, -0.2) is 16.3 Å². The third-order valence-electron chi connectivity index (χ3n) is 4.33. The highest BCUT2D eigenvalue weighted by Gasteiger charge is 2.23. The summed E-state index contributed by atoms with van der Waals surface area (Å²) in [6.07, 6.45) is 1.78. The first kappa shape index (κ1) is 14.3. The van der Waals surface area contributed by atoms with Gasteiger partial charge >= 0.3 is 0 Å². The topological polar surface area (TPSA) is 29.9 Å². The van der Waals surface area contributed by atoms with Crippen LogP contribution in [0.4, 0.5) is 5.82 Å². The van der Waals surface area contributed by atoms with E-state index in [2.05, 4.69) is 42.6 Å². The molecule has 0 unspecified atom stereocenters. The van der Waals surface area contributed by atoms with Crippen molar-refractivity contribution in [1.29, 1.82) is 0 Å². The number of rotatable bonds is 3. The number of hydrogen-bond acceptors (Lipinski definition) is 2. The van der Waals surface area contributed by atoms with Crippen LogP contribution >= 0.6 is 11.6 Å². The summed E-state index contributed by atoms with van der Waals surface area (Å²) in [6.45, 7) is 3.06. The Morgan fingerprint density at radius 1 is 1.13 bits per heavy atom. The Morgan fingerprint density at radius 3 is 2.70 bits per heavy atom. The lowest BCUT2D eigenvalue weighted by Gasteiger charge is -2.06. The lowest BCUT2D eigenvalue weighted by atomic mass is 10.1. The van der Waals surface area contributed by atoms with Crippen molar-refractivity contribution < 1.29 is 0 Å². The highest BCUT2D eigenvalue weighted by molar-refractivity contribution is 6.31. The van der Waals surface area contributed by atoms with Gasteiger partial charge in [-0.3, -0.25) is 0 Å². The fourth-order valence-electron chi connectivity index (χ4n) is 3.08. The first-order valence-corrected chi connectivity index (χ1v) is 8.25. The minimum Gasteiger partial charge on any atom is -0.369 e. The number of aromatic nitrogens is 2. The highest BCUT2D eigenvalue weighted by Crippen LogP contribution is 2.31. The van der Waals surface area contributed by atoms with Crippen LogP contribution in [0.25, 0.3) is 5.69 Å². The predicted molar refractivity (Wildman–Crippen MR) is 94.8 cm³/mol. The van der Waals surface area contributed by atoms with E-state index >= 15 is 0 Å². The molecule has 2 aromatic carbocycles. The average Bonchev–Trinajstić information content (AvgIpc) is 3.14. The van der Waals surface area contributed by atoms with Gasteiger partial charge in [-0.05, 0) is 37.1 Å². The molecule has 2 heterocycles. The molecule has 0 bridgehead atoms. The first-order valence-electron chi connectivity index (χ1n) is 7.87. The molecule has 0 spiro atoms. The van der Waals surface area contributed by atoms with Crippen LogP contribution in [0.1, 0.15) is 22.4 Å². The number of halogens is 1. The Hall–Kier alpha value is -2.26. The Bertz CT molecular complexity index is 850. The van der Waals surface area contributed by atoms with Crippen molar-refractivity contribution in [2.24, 2.45) is 0 Å². The van der Waals surface area contributed by atoms with Gasteiger partial charge in [0, 0.05) is 23.6 Å². The molecular weight excluding hydrogens is 306 g/mol. The largest absolute Gasteiger partial charge is 0.369 e. The van der Waals surface area contributed by atoms with Gasteiger partial charge in [-0.15, -0.1) is 0 Å². The molecule has 3 nitrogen and oxygen atoms in total. The maximum atomic E-state index is 6.32. The SMILES string of the molecule is Cc1ccc(-n2nc(Cc3ccccc3Cl)c3c2NCC3)cc1. The molecule has 0 fully saturated rings. The van der Waals surface area contributed by atoms with Gasteiger partial charge in [0.15, 0.2) is 0 Å². The number of hydrogen-bond donors (Lipinski definition) is 1. The first-order chi connectivity index (χ1) is 11.2. The molecule has 1 aromatic heterocycles. The molecule has 3 aromatic rings. The lowest BCUT2D eigenvalue weighted by Crippen LogP contribution is -2.05. The summed E-state index contributed by atoms with van der Waals surface area (Å²) in [7, 11) is 0. The minimum absolute atomic E-state index is 0.766. The Morgan fingerprint density at radius 2 is 1.91 bits per heavy atom. The molecule has 4 heteroatoms. The number of nitrogens with zero attached hydrogens (tertiary/aromatic N) is 2. The van der Waals surface area contributed by atoms with Crippen LogP contribution in [0, 0.1) is 6.92 Å². The zero-order valence-electron chi connectivity index (χ0n) is 13.0. The van der Waals surface area contributed by atoms with E-state index in [0.717, 1.165) is 47.2 Å². The van der Waals surface area contributed by atoms with Gasteiger partial charge < -0.3 is 5.32 Å². The van der Waals surface area contributed by atoms with E-state index in [4.69, 9.17) is 16.7 Å². The van der Waals surface area contributed by atoms with E-state index in [0.29, 0.717) is 0 Å². The monoisotopic (exact) mass is 323 g/mol. The number of benzene rings is 2. The van der Waals surface area contributed by atoms with E-state index in [-0.39, 0.29) is 0 Å². The summed E-state index contributed by atoms with van der Waals surface area (Å²) in [5.41, 5.74) is 5.88. The summed E-state index contributed by atoms with van der Waals surface area (Å²) < 4.78 is 2.02. The van der Waals surface area contributed by atoms with Crippen LogP contribution in [0.15, 0.2) is 48.5 Å². The highest BCUT2D eigenvalue weighted by atomic mass is 35.5. The van der Waals surface area contributed by atoms with Gasteiger partial charge in [-0.1, -0.05) is 47.5 Å². The Kier molecular flexibility index (Phi) is 3.58. The molecule has 1 aliphatic heterocycles. The molecule has 1 N–H and O–H groups in total. The van der Waals surface area contributed by atoms with Crippen molar-refractivity contribution in [3.63, 3.8) is 0 Å². The van der Waals surface area contributed by atoms with Crippen LogP contribution in [0.5, 0.6) is 0 Å². The van der Waals surface area contributed by atoms with E-state index in [1.807, 2.05) is 22.9 Å². The Balaban J connectivity index is 1.76. The van der Waals surface area contributed by atoms with Crippen molar-refractivity contribution in [3.8, 4) is 5.69 Å². The number of nitrogens with one attached hydrogen (secondary N) is 1. The summed E-state index contributed by atoms with van der Waals surface area (Å²) in [5, 5.41) is 9.14. The lowest BCUT2D eigenvalue weighted by molar-refractivity contribution is 0.839. The molecule has 0 aliphatic carbocycles. The predicted octanol–water partition coefficient (Wildman–Crippen LogP) is 4.39. The molecule has 0 saturated carbocycles. The molecular formula is C19H18ClN3. The second-order valence-corrected chi connectivity index (χ2v) is 6.37. The number of anilines is 1. The molecule has 1 aliphatic rings. The maximum Gasteiger partial charge on any atom is 0.133 e. The fourth-order valence-corrected chi connectivity index (χ4v) is 3.29. The van der Waals surface area contributed by atoms with Crippen molar-refractivity contribution >= 4 is 17.4 Å². The summed E-state index contributed by atoms with van der Waals surface area (Å²) in [5.74, 6) is 1.12. The van der Waals surface area contributed by atoms with Gasteiger partial charge in [-0.2, -0.15) is 5.10 Å². The summed E-state index contributed by atoms with van der Waals surface area (Å²) in [6, 6.07) is 16.5. The van der Waals surface area contributed by atoms with Gasteiger partial charge in [0.05, 0.1) is 11.4 Å². The maximum absolute atomic E-state index is 6.32. The molecule has 23 heavy (non-hydrogen) atoms. The molecule has 0 radical (unpaired) electrons. The van der Waals surface area contributed by atoms with Crippen molar-refractivity contribution in [2.75, 3.05) is 11.9 Å². The standard InChI is InChI=1S/C19H18ClN3/c1-13-6-8-15(9-7-13)23-19-16(10-11-21-19)18(22-23)12-14-4-2-3-5-17(14)20/h2-9,21H,10-12H2,1H3. The van der Waals surface area contributed by atoms with Gasteiger partial charge in [-0.25, -0.2) is 4.68 Å². The third-order valence-corrected chi connectivity index (χ3v) is 4.70. The van der Waals surface area contributed by atoms with Crippen LogP contribution < -0.4 is 5.32 Å². The summed E-state index contributed by atoms with van der Waals surface area (Å²) in [4.78, 5) is 0. The fraction of sp³-hybridized carbons (Fsp3) is 0.211. The molecule has 116 valence electrons. The smallest absolute Gasteiger partial charge is 0.133 e. The number of aryl methyl sites for hydroxylation is 1. The molecule has 4 rings (SSSR count). The Labute approximate surface area is 140 Å². The van der Waals surface area contributed by atoms with E-state index in [1.165, 1.54) is 11.1 Å². The average molecular weight is 324 g/mol. The zero-order valence-corrected chi connectivity index (χ0v) is 13.8. The van der Waals surface area contributed by atoms with Crippen LogP contribution in [-0.2, 0) is 12.8 Å². The van der Waals surface area contributed by atoms with E-state index in [1.54, 1.807) is 0 Å². The number of fused-ring (bicyclic) bond motifs is 1. The zero-order chi connectivity index (χ0) is 15.8. The van der Waals surface area contributed by atoms with Crippen molar-refractivity contribution in [1.82, 2.24) is 9.78 Å². The van der Waals surface area contributed by atoms with Crippen molar-refractivity contribution in [3.05, 3.63) is 75.9 Å². The second-order valence-electron chi connectivity index (χ2n) is 5.97. The molecule has 0 saturated heterocycles. The normalized spacial score (nSPS) is 13.0. The quantitative estimate of drug-likeness (QED) is 0.774. The summed E-state index contributed by atoms with van der Waals surface area (Å²) >= 11 is 6.32. The third kappa shape index (κ3) is 2.62. The molecule has 0 amide bonds. The van der Waals surface area contributed by atoms with E-state index in [9.17, 15) is 0 Å². The minimum atomic E-state index is 0.766. The van der Waals surface area contributed by atoms with Gasteiger partial charge in [0.25, 0.3) is 0 Å². The second kappa shape index (κ2) is 5.74. The van der Waals surface area contributed by atoms with Crippen LogP contribution in [0.3, 0.4) is 0 Å². The van der Waals surface area contributed by atoms with Gasteiger partial charge in [0.1, 0.15) is 5.82 Å².